The maximum atomic E-state index is 13.8. The molecule has 0 aliphatic carbocycles. The van der Waals surface area contributed by atoms with Crippen molar-refractivity contribution in [3.05, 3.63) is 57.8 Å². The Kier molecular flexibility index (Phi) is 5.33. The minimum atomic E-state index is -0.370. The number of carbonyl (C=O) groups excluding carboxylic acids is 1. The van der Waals surface area contributed by atoms with Gasteiger partial charge in [-0.05, 0) is 31.2 Å². The van der Waals surface area contributed by atoms with Gasteiger partial charge >= 0.3 is 0 Å². The first-order chi connectivity index (χ1) is 10.2. The van der Waals surface area contributed by atoms with Crippen molar-refractivity contribution in [3.8, 4) is 11.5 Å². The van der Waals surface area contributed by atoms with E-state index in [1.807, 2.05) is 6.92 Å². The number of aldehydes is 1. The van der Waals surface area contributed by atoms with E-state index < -0.39 is 0 Å². The highest BCUT2D eigenvalue weighted by Crippen LogP contribution is 2.31. The zero-order valence-electron chi connectivity index (χ0n) is 11.4. The number of carbonyl (C=O) groups is 1. The number of ether oxygens (including phenoxy) is 2. The third kappa shape index (κ3) is 3.82. The van der Waals surface area contributed by atoms with Crippen LogP contribution in [-0.2, 0) is 6.61 Å². The summed E-state index contributed by atoms with van der Waals surface area (Å²) in [6.45, 7) is 2.31. The van der Waals surface area contributed by atoms with E-state index in [9.17, 15) is 9.18 Å². The number of halogens is 2. The average molecular weight is 353 g/mol. The van der Waals surface area contributed by atoms with Crippen LogP contribution in [0.5, 0.6) is 11.5 Å². The largest absolute Gasteiger partial charge is 0.490 e. The van der Waals surface area contributed by atoms with Gasteiger partial charge in [-0.15, -0.1) is 0 Å². The quantitative estimate of drug-likeness (QED) is 0.723. The summed E-state index contributed by atoms with van der Waals surface area (Å²) >= 11 is 3.20. The van der Waals surface area contributed by atoms with Crippen molar-refractivity contribution < 1.29 is 18.7 Å². The molecule has 110 valence electrons. The molecule has 3 nitrogen and oxygen atoms in total. The fourth-order valence-corrected chi connectivity index (χ4v) is 2.17. The molecule has 21 heavy (non-hydrogen) atoms. The second-order valence-electron chi connectivity index (χ2n) is 4.25. The fraction of sp³-hybridized carbons (Fsp3) is 0.188. The van der Waals surface area contributed by atoms with E-state index in [0.717, 1.165) is 0 Å². The summed E-state index contributed by atoms with van der Waals surface area (Å²) in [4.78, 5) is 11.1. The monoisotopic (exact) mass is 352 g/mol. The molecule has 5 heteroatoms. The van der Waals surface area contributed by atoms with Crippen molar-refractivity contribution in [2.45, 2.75) is 13.5 Å². The molecule has 0 N–H and O–H groups in total. The smallest absolute Gasteiger partial charge is 0.172 e. The van der Waals surface area contributed by atoms with Gasteiger partial charge in [-0.2, -0.15) is 0 Å². The molecular weight excluding hydrogens is 339 g/mol. The molecule has 0 spiro atoms. The van der Waals surface area contributed by atoms with Crippen LogP contribution in [0, 0.1) is 5.82 Å². The van der Waals surface area contributed by atoms with E-state index in [4.69, 9.17) is 9.47 Å². The average Bonchev–Trinajstić information content (AvgIpc) is 2.47. The maximum absolute atomic E-state index is 13.8. The Balaban J connectivity index is 2.24. The molecule has 2 aromatic rings. The van der Waals surface area contributed by atoms with Crippen LogP contribution in [0.3, 0.4) is 0 Å². The van der Waals surface area contributed by atoms with Crippen molar-refractivity contribution >= 4 is 22.2 Å². The second kappa shape index (κ2) is 7.22. The van der Waals surface area contributed by atoms with Gasteiger partial charge in [0.05, 0.1) is 12.2 Å². The molecule has 0 fully saturated rings. The lowest BCUT2D eigenvalue weighted by Gasteiger charge is -2.14. The van der Waals surface area contributed by atoms with Crippen molar-refractivity contribution in [2.75, 3.05) is 6.61 Å². The van der Waals surface area contributed by atoms with Crippen LogP contribution >= 0.6 is 15.9 Å². The van der Waals surface area contributed by atoms with E-state index in [2.05, 4.69) is 15.9 Å². The summed E-state index contributed by atoms with van der Waals surface area (Å²) in [5, 5.41) is 0. The predicted molar refractivity (Wildman–Crippen MR) is 81.4 cm³/mol. The molecular formula is C16H14BrFO3. The van der Waals surface area contributed by atoms with E-state index in [1.54, 1.807) is 30.3 Å². The number of hydrogen-bond donors (Lipinski definition) is 0. The summed E-state index contributed by atoms with van der Waals surface area (Å²) in [5.74, 6) is 0.433. The molecule has 0 radical (unpaired) electrons. The van der Waals surface area contributed by atoms with Gasteiger partial charge in [-0.25, -0.2) is 4.39 Å². The highest BCUT2D eigenvalue weighted by molar-refractivity contribution is 9.10. The van der Waals surface area contributed by atoms with E-state index in [1.165, 1.54) is 6.07 Å². The van der Waals surface area contributed by atoms with Gasteiger partial charge in [0.15, 0.2) is 17.8 Å². The summed E-state index contributed by atoms with van der Waals surface area (Å²) in [7, 11) is 0. The molecule has 2 aromatic carbocycles. The lowest BCUT2D eigenvalue weighted by atomic mass is 10.2. The topological polar surface area (TPSA) is 35.5 Å². The second-order valence-corrected chi connectivity index (χ2v) is 5.17. The van der Waals surface area contributed by atoms with Crippen LogP contribution in [0.2, 0.25) is 0 Å². The fourth-order valence-electron chi connectivity index (χ4n) is 1.84. The van der Waals surface area contributed by atoms with Gasteiger partial charge < -0.3 is 9.47 Å². The molecule has 0 bridgehead atoms. The standard InChI is InChI=1S/C16H14BrFO3/c1-2-20-15-5-3-4-11(9-19)16(15)21-10-12-6-7-13(17)8-14(12)18/h3-9H,2,10H2,1H3. The normalized spacial score (nSPS) is 10.2. The van der Waals surface area contributed by atoms with Gasteiger partial charge in [0, 0.05) is 10.0 Å². The van der Waals surface area contributed by atoms with Gasteiger partial charge in [-0.1, -0.05) is 28.1 Å². The highest BCUT2D eigenvalue weighted by Gasteiger charge is 2.12. The van der Waals surface area contributed by atoms with E-state index in [0.29, 0.717) is 40.0 Å². The minimum absolute atomic E-state index is 0.0179. The number of para-hydroxylation sites is 1. The molecule has 0 unspecified atom stereocenters. The lowest BCUT2D eigenvalue weighted by Crippen LogP contribution is -2.03. The van der Waals surface area contributed by atoms with Crippen LogP contribution in [0.15, 0.2) is 40.9 Å². The van der Waals surface area contributed by atoms with Crippen molar-refractivity contribution in [1.29, 1.82) is 0 Å². The minimum Gasteiger partial charge on any atom is -0.490 e. The Morgan fingerprint density at radius 1 is 1.24 bits per heavy atom. The Bertz CT molecular complexity index is 643. The van der Waals surface area contributed by atoms with Crippen molar-refractivity contribution in [1.82, 2.24) is 0 Å². The SMILES string of the molecule is CCOc1cccc(C=O)c1OCc1ccc(Br)cc1F. The van der Waals surface area contributed by atoms with Gasteiger partial charge in [-0.3, -0.25) is 4.79 Å². The Morgan fingerprint density at radius 3 is 2.71 bits per heavy atom. The summed E-state index contributed by atoms with van der Waals surface area (Å²) < 4.78 is 25.5. The Hall–Kier alpha value is -1.88. The Labute approximate surface area is 130 Å². The highest BCUT2D eigenvalue weighted by atomic mass is 79.9. The van der Waals surface area contributed by atoms with Crippen molar-refractivity contribution in [3.63, 3.8) is 0 Å². The first-order valence-corrected chi connectivity index (χ1v) is 7.22. The third-order valence-electron chi connectivity index (χ3n) is 2.82. The zero-order valence-corrected chi connectivity index (χ0v) is 13.0. The zero-order chi connectivity index (χ0) is 15.2. The van der Waals surface area contributed by atoms with Gasteiger partial charge in [0.1, 0.15) is 12.4 Å². The molecule has 0 saturated heterocycles. The number of benzene rings is 2. The molecule has 0 aromatic heterocycles. The molecule has 0 amide bonds. The van der Waals surface area contributed by atoms with Crippen LogP contribution in [0.25, 0.3) is 0 Å². The van der Waals surface area contributed by atoms with Crippen molar-refractivity contribution in [2.24, 2.45) is 0 Å². The Morgan fingerprint density at radius 2 is 2.05 bits per heavy atom. The van der Waals surface area contributed by atoms with Gasteiger partial charge in [0.25, 0.3) is 0 Å². The third-order valence-corrected chi connectivity index (χ3v) is 3.32. The van der Waals surface area contributed by atoms with Gasteiger partial charge in [0.2, 0.25) is 0 Å². The van der Waals surface area contributed by atoms with E-state index >= 15 is 0 Å². The molecule has 0 heterocycles. The summed E-state index contributed by atoms with van der Waals surface area (Å²) in [6, 6.07) is 9.78. The van der Waals surface area contributed by atoms with Crippen LogP contribution in [-0.4, -0.2) is 12.9 Å². The molecule has 0 atom stereocenters. The molecule has 0 aliphatic heterocycles. The number of rotatable bonds is 6. The van der Waals surface area contributed by atoms with E-state index in [-0.39, 0.29) is 12.4 Å². The van der Waals surface area contributed by atoms with Crippen LogP contribution in [0.4, 0.5) is 4.39 Å². The maximum Gasteiger partial charge on any atom is 0.172 e. The summed E-state index contributed by atoms with van der Waals surface area (Å²) in [5.41, 5.74) is 0.778. The summed E-state index contributed by atoms with van der Waals surface area (Å²) in [6.07, 6.45) is 0.690. The lowest BCUT2D eigenvalue weighted by molar-refractivity contribution is 0.111. The predicted octanol–water partition coefficient (Wildman–Crippen LogP) is 4.38. The first-order valence-electron chi connectivity index (χ1n) is 6.43. The molecule has 2 rings (SSSR count). The number of hydrogen-bond acceptors (Lipinski definition) is 3. The first kappa shape index (κ1) is 15.5. The molecule has 0 aliphatic rings. The van der Waals surface area contributed by atoms with Crippen LogP contribution < -0.4 is 9.47 Å². The molecule has 0 saturated carbocycles. The van der Waals surface area contributed by atoms with Crippen LogP contribution in [0.1, 0.15) is 22.8 Å².